The van der Waals surface area contributed by atoms with Crippen LogP contribution in [0.1, 0.15) is 55.7 Å². The lowest BCUT2D eigenvalue weighted by atomic mass is 9.82. The van der Waals surface area contributed by atoms with Gasteiger partial charge >= 0.3 is 0 Å². The third-order valence-electron chi connectivity index (χ3n) is 3.84. The second-order valence-electron chi connectivity index (χ2n) is 6.76. The third kappa shape index (κ3) is 2.71. The Balaban J connectivity index is 2.34. The number of carbonyl (C=O) groups is 1. The molecule has 0 aliphatic carbocycles. The number of rotatable bonds is 2. The minimum Gasteiger partial charge on any atom is -0.369 e. The number of ketones is 1. The van der Waals surface area contributed by atoms with Crippen molar-refractivity contribution in [2.75, 3.05) is 0 Å². The molecular weight excluding hydrogens is 238 g/mol. The average Bonchev–Trinajstić information content (AvgIpc) is 2.45. The Morgan fingerprint density at radius 3 is 2.42 bits per heavy atom. The second-order valence-corrected chi connectivity index (χ2v) is 6.76. The van der Waals surface area contributed by atoms with Crippen LogP contribution in [0.2, 0.25) is 0 Å². The Kier molecular flexibility index (Phi) is 3.29. The fraction of sp³-hybridized carbons (Fsp3) is 0.625. The van der Waals surface area contributed by atoms with E-state index in [2.05, 4.69) is 4.98 Å². The first-order valence-electron chi connectivity index (χ1n) is 6.80. The van der Waals surface area contributed by atoms with E-state index in [0.29, 0.717) is 5.69 Å². The van der Waals surface area contributed by atoms with Crippen molar-refractivity contribution in [3.8, 4) is 0 Å². The number of hydrogen-bond donors (Lipinski definition) is 0. The van der Waals surface area contributed by atoms with Crippen molar-refractivity contribution >= 4 is 5.78 Å². The minimum absolute atomic E-state index is 0.105. The van der Waals surface area contributed by atoms with Gasteiger partial charge in [-0.25, -0.2) is 0 Å². The van der Waals surface area contributed by atoms with Crippen molar-refractivity contribution in [1.82, 2.24) is 4.98 Å². The molecule has 1 aliphatic rings. The highest BCUT2D eigenvalue weighted by atomic mass is 16.5. The van der Waals surface area contributed by atoms with Crippen molar-refractivity contribution in [1.29, 1.82) is 0 Å². The summed E-state index contributed by atoms with van der Waals surface area (Å²) in [4.78, 5) is 17.1. The van der Waals surface area contributed by atoms with Gasteiger partial charge in [0.05, 0.1) is 17.1 Å². The van der Waals surface area contributed by atoms with Crippen LogP contribution in [0.25, 0.3) is 0 Å². The van der Waals surface area contributed by atoms with Gasteiger partial charge in [-0.15, -0.1) is 0 Å². The van der Waals surface area contributed by atoms with Crippen molar-refractivity contribution in [3.05, 3.63) is 29.1 Å². The summed E-state index contributed by atoms with van der Waals surface area (Å²) in [7, 11) is 0. The SMILES string of the molecule is Cc1cnc(C(=O)C2CC(C)(C)OC2(C)C)c(C)c1. The first-order valence-corrected chi connectivity index (χ1v) is 6.80. The van der Waals surface area contributed by atoms with Crippen LogP contribution < -0.4 is 0 Å². The van der Waals surface area contributed by atoms with Crippen LogP contribution in [0.4, 0.5) is 0 Å². The highest BCUT2D eigenvalue weighted by molar-refractivity contribution is 5.98. The van der Waals surface area contributed by atoms with Gasteiger partial charge < -0.3 is 4.74 Å². The molecule has 104 valence electrons. The summed E-state index contributed by atoms with van der Waals surface area (Å²) < 4.78 is 6.01. The summed E-state index contributed by atoms with van der Waals surface area (Å²) >= 11 is 0. The number of ether oxygens (including phenoxy) is 1. The van der Waals surface area contributed by atoms with Gasteiger partial charge in [0, 0.05) is 6.20 Å². The van der Waals surface area contributed by atoms with Gasteiger partial charge in [-0.2, -0.15) is 0 Å². The van der Waals surface area contributed by atoms with Crippen LogP contribution in [0.3, 0.4) is 0 Å². The van der Waals surface area contributed by atoms with Crippen LogP contribution in [-0.2, 0) is 4.74 Å². The lowest BCUT2D eigenvalue weighted by Crippen LogP contribution is -2.34. The number of aryl methyl sites for hydroxylation is 2. The van der Waals surface area contributed by atoms with Gasteiger partial charge in [-0.05, 0) is 59.1 Å². The van der Waals surface area contributed by atoms with Gasteiger partial charge in [0.25, 0.3) is 0 Å². The lowest BCUT2D eigenvalue weighted by molar-refractivity contribution is -0.0712. The number of Topliss-reactive ketones (excluding diaryl/α,β-unsaturated/α-hetero) is 1. The van der Waals surface area contributed by atoms with E-state index >= 15 is 0 Å². The second kappa shape index (κ2) is 4.41. The molecule has 0 amide bonds. The highest BCUT2D eigenvalue weighted by Gasteiger charge is 2.49. The fourth-order valence-electron chi connectivity index (χ4n) is 3.11. The van der Waals surface area contributed by atoms with E-state index in [0.717, 1.165) is 17.5 Å². The van der Waals surface area contributed by atoms with E-state index in [1.807, 2.05) is 47.6 Å². The molecular formula is C16H23NO2. The van der Waals surface area contributed by atoms with E-state index in [9.17, 15) is 4.79 Å². The van der Waals surface area contributed by atoms with E-state index in [-0.39, 0.29) is 17.3 Å². The highest BCUT2D eigenvalue weighted by Crippen LogP contribution is 2.43. The number of pyridine rings is 1. The van der Waals surface area contributed by atoms with Gasteiger partial charge in [-0.1, -0.05) is 6.07 Å². The van der Waals surface area contributed by atoms with Gasteiger partial charge in [0.15, 0.2) is 5.78 Å². The summed E-state index contributed by atoms with van der Waals surface area (Å²) in [5.41, 5.74) is 1.94. The maximum atomic E-state index is 12.7. The van der Waals surface area contributed by atoms with Crippen LogP contribution in [0.15, 0.2) is 12.3 Å². The van der Waals surface area contributed by atoms with Gasteiger partial charge in [-0.3, -0.25) is 9.78 Å². The Morgan fingerprint density at radius 1 is 1.32 bits per heavy atom. The monoisotopic (exact) mass is 261 g/mol. The number of carbonyl (C=O) groups excluding carboxylic acids is 1. The largest absolute Gasteiger partial charge is 0.369 e. The van der Waals surface area contributed by atoms with E-state index < -0.39 is 5.60 Å². The smallest absolute Gasteiger partial charge is 0.187 e. The molecule has 1 aliphatic heterocycles. The van der Waals surface area contributed by atoms with Crippen molar-refractivity contribution in [2.24, 2.45) is 5.92 Å². The predicted molar refractivity (Wildman–Crippen MR) is 75.4 cm³/mol. The van der Waals surface area contributed by atoms with Crippen molar-refractivity contribution in [3.63, 3.8) is 0 Å². The van der Waals surface area contributed by atoms with Crippen LogP contribution in [-0.4, -0.2) is 22.0 Å². The molecule has 0 N–H and O–H groups in total. The molecule has 19 heavy (non-hydrogen) atoms. The molecule has 2 rings (SSSR count). The quantitative estimate of drug-likeness (QED) is 0.765. The zero-order valence-corrected chi connectivity index (χ0v) is 12.7. The van der Waals surface area contributed by atoms with Gasteiger partial charge in [0.2, 0.25) is 0 Å². The zero-order chi connectivity index (χ0) is 14.4. The number of hydrogen-bond acceptors (Lipinski definition) is 3. The molecule has 0 saturated carbocycles. The molecule has 1 atom stereocenters. The first-order chi connectivity index (χ1) is 8.62. The summed E-state index contributed by atoms with van der Waals surface area (Å²) in [6, 6.07) is 2.01. The molecule has 0 radical (unpaired) electrons. The molecule has 2 heterocycles. The van der Waals surface area contributed by atoms with Crippen LogP contribution in [0, 0.1) is 19.8 Å². The first kappa shape index (κ1) is 14.2. The summed E-state index contributed by atoms with van der Waals surface area (Å²) in [5, 5.41) is 0. The van der Waals surface area contributed by atoms with Crippen molar-refractivity contribution < 1.29 is 9.53 Å². The summed E-state index contributed by atoms with van der Waals surface area (Å²) in [5.74, 6) is -0.0236. The molecule has 1 saturated heterocycles. The number of aromatic nitrogens is 1. The Hall–Kier alpha value is -1.22. The molecule has 3 nitrogen and oxygen atoms in total. The number of nitrogens with zero attached hydrogens (tertiary/aromatic N) is 1. The Morgan fingerprint density at radius 2 is 1.95 bits per heavy atom. The fourth-order valence-corrected chi connectivity index (χ4v) is 3.11. The normalized spacial score (nSPS) is 24.4. The molecule has 1 aromatic rings. The maximum absolute atomic E-state index is 12.7. The molecule has 0 spiro atoms. The van der Waals surface area contributed by atoms with Crippen LogP contribution in [0.5, 0.6) is 0 Å². The molecule has 3 heteroatoms. The van der Waals surface area contributed by atoms with E-state index in [1.54, 1.807) is 6.20 Å². The molecule has 0 aromatic carbocycles. The van der Waals surface area contributed by atoms with Crippen molar-refractivity contribution in [2.45, 2.75) is 59.2 Å². The van der Waals surface area contributed by atoms with Gasteiger partial charge in [0.1, 0.15) is 5.69 Å². The van der Waals surface area contributed by atoms with E-state index in [4.69, 9.17) is 4.74 Å². The molecule has 1 aromatic heterocycles. The average molecular weight is 261 g/mol. The standard InChI is InChI=1S/C16H23NO2/c1-10-7-11(2)13(17-9-10)14(18)12-8-15(3,4)19-16(12,5)6/h7,9,12H,8H2,1-6H3. The molecule has 0 bridgehead atoms. The maximum Gasteiger partial charge on any atom is 0.187 e. The van der Waals surface area contributed by atoms with E-state index in [1.165, 1.54) is 0 Å². The Labute approximate surface area is 115 Å². The summed E-state index contributed by atoms with van der Waals surface area (Å²) in [6.07, 6.45) is 2.50. The van der Waals surface area contributed by atoms with Crippen LogP contribution >= 0.6 is 0 Å². The Bertz CT molecular complexity index is 517. The topological polar surface area (TPSA) is 39.2 Å². The molecule has 1 unspecified atom stereocenters. The lowest BCUT2D eigenvalue weighted by Gasteiger charge is -2.26. The minimum atomic E-state index is -0.431. The third-order valence-corrected chi connectivity index (χ3v) is 3.84. The predicted octanol–water partition coefficient (Wildman–Crippen LogP) is 3.47. The molecule has 1 fully saturated rings. The zero-order valence-electron chi connectivity index (χ0n) is 12.7. The summed E-state index contributed by atoms with van der Waals surface area (Å²) in [6.45, 7) is 12.0.